The zero-order valence-electron chi connectivity index (χ0n) is 48.2. The first kappa shape index (κ1) is 53.9. The molecule has 0 aromatic heterocycles. The van der Waals surface area contributed by atoms with Crippen LogP contribution in [0.3, 0.4) is 0 Å². The first-order valence-electron chi connectivity index (χ1n) is 29.4. The normalized spacial score (nSPS) is 16.1. The molecule has 3 nitrogen and oxygen atoms in total. The maximum absolute atomic E-state index is 17.4. The van der Waals surface area contributed by atoms with Gasteiger partial charge in [-0.05, 0) is 198 Å². The van der Waals surface area contributed by atoms with Crippen LogP contribution in [-0.4, -0.2) is 0 Å². The van der Waals surface area contributed by atoms with Gasteiger partial charge < -0.3 is 14.4 Å². The average Bonchev–Trinajstić information content (AvgIpc) is 1.52. The third kappa shape index (κ3) is 8.17. The number of halogens is 4. The number of benzene rings is 12. The summed E-state index contributed by atoms with van der Waals surface area (Å²) in [6.07, 6.45) is 3.53. The molecule has 3 aliphatic carbocycles. The van der Waals surface area contributed by atoms with Crippen molar-refractivity contribution in [3.05, 3.63) is 364 Å². The van der Waals surface area contributed by atoms with Crippen LogP contribution in [0.4, 0.5) is 34.6 Å². The monoisotopic (exact) mass is 1150 g/mol. The van der Waals surface area contributed by atoms with Crippen molar-refractivity contribution in [3.8, 4) is 56.4 Å². The molecule has 0 bridgehead atoms. The van der Waals surface area contributed by atoms with Crippen molar-refractivity contribution in [3.63, 3.8) is 0 Å². The standard InChI is InChI=1S/C81H55F4NO2/c1-5-50-25-36-57(37-26-50)87-59-40-29-52(30-41-59)80(77-73(82)21-13-22-74(77)83)68-19-11-8-16-62(68)65-45-34-55(48-71(65)80)86(54-33-44-64-61-15-7-10-18-67(61)79(3,4)70(64)47-54)56-35-46-66-63-17-9-12-20-69(63)81(72(66)49-56,78-75(84)23-14-24-76(78)85)53-31-42-60(43-32-53)88-58-38-27-51(6-2)28-39-58/h5-49H,1-2H2,3-4H3. The predicted molar refractivity (Wildman–Crippen MR) is 346 cm³/mol. The summed E-state index contributed by atoms with van der Waals surface area (Å²) < 4.78 is 82.3. The van der Waals surface area contributed by atoms with Gasteiger partial charge in [-0.1, -0.05) is 191 Å². The molecule has 424 valence electrons. The molecule has 0 radical (unpaired) electrons. The van der Waals surface area contributed by atoms with Crippen LogP contribution >= 0.6 is 0 Å². The van der Waals surface area contributed by atoms with Crippen LogP contribution in [0.1, 0.15) is 80.6 Å². The van der Waals surface area contributed by atoms with E-state index in [4.69, 9.17) is 9.47 Å². The van der Waals surface area contributed by atoms with E-state index in [-0.39, 0.29) is 11.1 Å². The first-order chi connectivity index (χ1) is 42.9. The third-order valence-corrected chi connectivity index (χ3v) is 18.4. The van der Waals surface area contributed by atoms with E-state index in [0.29, 0.717) is 67.8 Å². The van der Waals surface area contributed by atoms with Gasteiger partial charge in [0.25, 0.3) is 0 Å². The number of fused-ring (bicyclic) bond motifs is 9. The summed E-state index contributed by atoms with van der Waals surface area (Å²) in [5.74, 6) is -0.500. The first-order valence-corrected chi connectivity index (χ1v) is 29.4. The lowest BCUT2D eigenvalue weighted by Crippen LogP contribution is -2.31. The molecule has 0 N–H and O–H groups in total. The SMILES string of the molecule is C=Cc1ccc(Oc2ccc(C3(c4c(F)cccc4F)c4ccccc4-c4ccc(N(c5ccc6c(c5)C(C)(C)c5ccccc5-6)c5ccc6c(c5)C(c5ccc(Oc7ccc(C=C)cc7)cc5)(c5c(F)cccc5F)c5ccccc5-6)cc43)cc2)cc1. The molecule has 2 atom stereocenters. The fourth-order valence-corrected chi connectivity index (χ4v) is 14.4. The number of anilines is 3. The summed E-state index contributed by atoms with van der Waals surface area (Å²) >= 11 is 0. The zero-order valence-corrected chi connectivity index (χ0v) is 48.2. The molecule has 15 rings (SSSR count). The van der Waals surface area contributed by atoms with Gasteiger partial charge in [-0.15, -0.1) is 0 Å². The highest BCUT2D eigenvalue weighted by molar-refractivity contribution is 5.93. The highest BCUT2D eigenvalue weighted by Crippen LogP contribution is 2.61. The summed E-state index contributed by atoms with van der Waals surface area (Å²) in [6, 6.07) is 81.2. The fraction of sp³-hybridized carbons (Fsp3) is 0.0617. The van der Waals surface area contributed by atoms with Crippen LogP contribution in [0.2, 0.25) is 0 Å². The van der Waals surface area contributed by atoms with Crippen molar-refractivity contribution < 1.29 is 27.0 Å². The number of nitrogens with zero attached hydrogens (tertiary/aromatic N) is 1. The molecule has 2 unspecified atom stereocenters. The molecule has 12 aromatic rings. The zero-order chi connectivity index (χ0) is 60.1. The fourth-order valence-electron chi connectivity index (χ4n) is 14.4. The quantitative estimate of drug-likeness (QED) is 0.107. The molecule has 0 spiro atoms. The smallest absolute Gasteiger partial charge is 0.130 e. The Hall–Kier alpha value is -10.8. The van der Waals surface area contributed by atoms with Gasteiger partial charge in [0.1, 0.15) is 46.3 Å². The summed E-state index contributed by atoms with van der Waals surface area (Å²) in [5.41, 5.74) is 12.1. The van der Waals surface area contributed by atoms with Crippen molar-refractivity contribution in [2.24, 2.45) is 0 Å². The molecule has 12 aromatic carbocycles. The minimum Gasteiger partial charge on any atom is -0.457 e. The van der Waals surface area contributed by atoms with Gasteiger partial charge in [0.15, 0.2) is 0 Å². The third-order valence-electron chi connectivity index (χ3n) is 18.4. The minimum absolute atomic E-state index is 0.121. The van der Waals surface area contributed by atoms with Crippen molar-refractivity contribution in [1.29, 1.82) is 0 Å². The van der Waals surface area contributed by atoms with Gasteiger partial charge in [0.05, 0.1) is 10.8 Å². The van der Waals surface area contributed by atoms with Gasteiger partial charge in [-0.3, -0.25) is 0 Å². The van der Waals surface area contributed by atoms with Gasteiger partial charge in [0.2, 0.25) is 0 Å². The Balaban J connectivity index is 0.971. The van der Waals surface area contributed by atoms with E-state index in [2.05, 4.69) is 98.6 Å². The Morgan fingerprint density at radius 3 is 1.00 bits per heavy atom. The number of ether oxygens (including phenoxy) is 2. The summed E-state index contributed by atoms with van der Waals surface area (Å²) in [7, 11) is 0. The molecular weight excluding hydrogens is 1090 g/mol. The second-order valence-corrected chi connectivity index (χ2v) is 23.3. The largest absolute Gasteiger partial charge is 0.457 e. The molecule has 0 heterocycles. The van der Waals surface area contributed by atoms with Gasteiger partial charge in [-0.2, -0.15) is 0 Å². The van der Waals surface area contributed by atoms with E-state index in [1.165, 1.54) is 42.0 Å². The maximum atomic E-state index is 17.4. The van der Waals surface area contributed by atoms with Gasteiger partial charge >= 0.3 is 0 Å². The Morgan fingerprint density at radius 1 is 0.318 bits per heavy atom. The molecule has 3 aliphatic rings. The van der Waals surface area contributed by atoms with Crippen LogP contribution in [0.15, 0.2) is 274 Å². The van der Waals surface area contributed by atoms with E-state index in [9.17, 15) is 0 Å². The molecule has 0 amide bonds. The Bertz CT molecular complexity index is 4510. The van der Waals surface area contributed by atoms with Crippen molar-refractivity contribution in [2.75, 3.05) is 4.90 Å². The number of hydrogen-bond donors (Lipinski definition) is 0. The maximum Gasteiger partial charge on any atom is 0.130 e. The van der Waals surface area contributed by atoms with Crippen LogP contribution in [0.25, 0.3) is 45.5 Å². The topological polar surface area (TPSA) is 21.7 Å². The van der Waals surface area contributed by atoms with E-state index in [1.807, 2.05) is 158 Å². The van der Waals surface area contributed by atoms with Gasteiger partial charge in [0, 0.05) is 33.6 Å². The number of rotatable bonds is 13. The molecule has 0 aliphatic heterocycles. The summed E-state index contributed by atoms with van der Waals surface area (Å²) in [5, 5.41) is 0. The Labute approximate surface area is 509 Å². The van der Waals surface area contributed by atoms with Crippen molar-refractivity contribution in [2.45, 2.75) is 30.1 Å². The van der Waals surface area contributed by atoms with Crippen LogP contribution in [0.5, 0.6) is 23.0 Å². The second kappa shape index (κ2) is 20.7. The highest BCUT2D eigenvalue weighted by atomic mass is 19.1. The second-order valence-electron chi connectivity index (χ2n) is 23.3. The Morgan fingerprint density at radius 2 is 0.625 bits per heavy atom. The predicted octanol–water partition coefficient (Wildman–Crippen LogP) is 21.6. The molecule has 0 saturated carbocycles. The van der Waals surface area contributed by atoms with Crippen molar-refractivity contribution >= 4 is 29.2 Å². The van der Waals surface area contributed by atoms with E-state index < -0.39 is 39.5 Å². The van der Waals surface area contributed by atoms with Crippen LogP contribution in [0, 0.1) is 23.3 Å². The Kier molecular flexibility index (Phi) is 12.7. The molecule has 7 heteroatoms. The van der Waals surface area contributed by atoms with Crippen LogP contribution < -0.4 is 14.4 Å². The summed E-state index contributed by atoms with van der Waals surface area (Å²) in [4.78, 5) is 2.17. The van der Waals surface area contributed by atoms with E-state index >= 15 is 17.6 Å². The summed E-state index contributed by atoms with van der Waals surface area (Å²) in [6.45, 7) is 12.2. The highest BCUT2D eigenvalue weighted by Gasteiger charge is 2.52. The lowest BCUT2D eigenvalue weighted by Gasteiger charge is -2.36. The molecule has 0 saturated heterocycles. The minimum atomic E-state index is -1.54. The lowest BCUT2D eigenvalue weighted by atomic mass is 9.67. The molecule has 0 fully saturated rings. The lowest BCUT2D eigenvalue weighted by molar-refractivity contribution is 0.481. The molecular formula is C81H55F4NO2. The van der Waals surface area contributed by atoms with Crippen molar-refractivity contribution in [1.82, 2.24) is 0 Å². The molecule has 88 heavy (non-hydrogen) atoms. The van der Waals surface area contributed by atoms with Crippen LogP contribution in [-0.2, 0) is 16.2 Å². The average molecular weight is 1150 g/mol. The van der Waals surface area contributed by atoms with E-state index in [0.717, 1.165) is 55.8 Å². The van der Waals surface area contributed by atoms with E-state index in [1.54, 1.807) is 12.2 Å². The number of hydrogen-bond acceptors (Lipinski definition) is 3. The van der Waals surface area contributed by atoms with Gasteiger partial charge in [-0.25, -0.2) is 17.6 Å².